The van der Waals surface area contributed by atoms with Crippen LogP contribution >= 0.6 is 23.4 Å². The molecule has 216 valence electrons. The lowest BCUT2D eigenvalue weighted by Crippen LogP contribution is -2.50. The fraction of sp³-hybridized carbons (Fsp3) is 0.394. The number of nitrogens with zero attached hydrogens (tertiary/aromatic N) is 2. The quantitative estimate of drug-likeness (QED) is 0.226. The van der Waals surface area contributed by atoms with Gasteiger partial charge < -0.3 is 14.4 Å². The Balaban J connectivity index is 1.27. The van der Waals surface area contributed by atoms with Crippen LogP contribution in [0.4, 0.5) is 4.79 Å². The number of benzene rings is 3. The second-order valence-electron chi connectivity index (χ2n) is 11.1. The monoisotopic (exact) mass is 592 g/mol. The zero-order chi connectivity index (χ0) is 29.3. The molecule has 0 spiro atoms. The third kappa shape index (κ3) is 6.27. The lowest BCUT2D eigenvalue weighted by Gasteiger charge is -2.41. The van der Waals surface area contributed by atoms with Crippen LogP contribution in [0, 0.1) is 20.8 Å². The first-order chi connectivity index (χ1) is 19.6. The average molecular weight is 593 g/mol. The molecule has 2 heterocycles. The zero-order valence-electron chi connectivity index (χ0n) is 24.3. The number of carbonyl (C=O) groups excluding carboxylic acids is 2. The van der Waals surface area contributed by atoms with Gasteiger partial charge in [-0.1, -0.05) is 54.1 Å². The van der Waals surface area contributed by atoms with Crippen LogP contribution in [0.15, 0.2) is 54.6 Å². The first kappa shape index (κ1) is 29.5. The van der Waals surface area contributed by atoms with Gasteiger partial charge in [-0.15, -0.1) is 0 Å². The van der Waals surface area contributed by atoms with Crippen LogP contribution in [-0.2, 0) is 11.2 Å². The van der Waals surface area contributed by atoms with E-state index in [0.717, 1.165) is 52.5 Å². The smallest absolute Gasteiger partial charge is 0.308 e. The number of hydrogen-bond acceptors (Lipinski definition) is 6. The fourth-order valence-corrected chi connectivity index (χ4v) is 7.02. The Morgan fingerprint density at radius 2 is 1.56 bits per heavy atom. The second kappa shape index (κ2) is 12.1. The predicted molar refractivity (Wildman–Crippen MR) is 165 cm³/mol. The van der Waals surface area contributed by atoms with E-state index >= 15 is 0 Å². The van der Waals surface area contributed by atoms with Crippen LogP contribution in [0.3, 0.4) is 0 Å². The molecule has 0 aromatic heterocycles. The molecule has 0 radical (unpaired) electrons. The van der Waals surface area contributed by atoms with Gasteiger partial charge in [-0.05, 0) is 85.8 Å². The number of piperazine rings is 1. The van der Waals surface area contributed by atoms with Gasteiger partial charge in [-0.25, -0.2) is 0 Å². The fourth-order valence-electron chi connectivity index (χ4n) is 5.89. The molecule has 1 amide bonds. The van der Waals surface area contributed by atoms with Crippen LogP contribution in [0.2, 0.25) is 5.02 Å². The summed E-state index contributed by atoms with van der Waals surface area (Å²) in [6.45, 7) is 12.2. The normalized spacial score (nSPS) is 19.7. The van der Waals surface area contributed by atoms with Gasteiger partial charge in [0, 0.05) is 50.1 Å². The van der Waals surface area contributed by atoms with Crippen LogP contribution < -0.4 is 9.47 Å². The van der Waals surface area contributed by atoms with Crippen molar-refractivity contribution < 1.29 is 19.1 Å². The summed E-state index contributed by atoms with van der Waals surface area (Å²) in [5, 5.41) is 0.764. The molecule has 2 aliphatic rings. The number of esters is 1. The maximum atomic E-state index is 13.5. The first-order valence-corrected chi connectivity index (χ1v) is 15.3. The Morgan fingerprint density at radius 3 is 2.20 bits per heavy atom. The van der Waals surface area contributed by atoms with E-state index in [4.69, 9.17) is 21.1 Å². The number of halogens is 1. The summed E-state index contributed by atoms with van der Waals surface area (Å²) in [7, 11) is 0. The Bertz CT molecular complexity index is 1440. The van der Waals surface area contributed by atoms with Gasteiger partial charge in [-0.3, -0.25) is 14.5 Å². The van der Waals surface area contributed by atoms with Gasteiger partial charge in [-0.2, -0.15) is 0 Å². The lowest BCUT2D eigenvalue weighted by atomic mass is 9.91. The molecule has 1 saturated heterocycles. The molecule has 41 heavy (non-hydrogen) atoms. The van der Waals surface area contributed by atoms with E-state index in [1.54, 1.807) is 0 Å². The zero-order valence-corrected chi connectivity index (χ0v) is 25.9. The summed E-state index contributed by atoms with van der Waals surface area (Å²) >= 11 is 7.46. The van der Waals surface area contributed by atoms with Crippen molar-refractivity contribution in [2.75, 3.05) is 26.2 Å². The van der Waals surface area contributed by atoms with Crippen LogP contribution in [-0.4, -0.2) is 52.1 Å². The molecule has 3 aromatic carbocycles. The van der Waals surface area contributed by atoms with E-state index in [-0.39, 0.29) is 17.3 Å². The first-order valence-electron chi connectivity index (χ1n) is 14.1. The summed E-state index contributed by atoms with van der Waals surface area (Å²) in [5.41, 5.74) is 6.24. The highest BCUT2D eigenvalue weighted by Gasteiger charge is 2.39. The van der Waals surface area contributed by atoms with E-state index in [1.165, 1.54) is 29.8 Å². The molecular formula is C33H37ClN2O4S. The van der Waals surface area contributed by atoms with E-state index in [2.05, 4.69) is 41.3 Å². The summed E-state index contributed by atoms with van der Waals surface area (Å²) in [5.74, 6) is 1.10. The van der Waals surface area contributed by atoms with E-state index in [1.807, 2.05) is 50.8 Å². The minimum atomic E-state index is -0.677. The molecule has 0 aliphatic carbocycles. The summed E-state index contributed by atoms with van der Waals surface area (Å²) in [6.07, 6.45) is 1.44. The summed E-state index contributed by atoms with van der Waals surface area (Å²) in [6, 6.07) is 18.6. The molecule has 0 bridgehead atoms. The molecular weight excluding hydrogens is 556 g/mol. The Morgan fingerprint density at radius 1 is 0.927 bits per heavy atom. The van der Waals surface area contributed by atoms with E-state index in [9.17, 15) is 9.59 Å². The number of ether oxygens (including phenoxy) is 2. The van der Waals surface area contributed by atoms with Gasteiger partial charge >= 0.3 is 5.97 Å². The largest absolute Gasteiger partial charge is 0.476 e. The molecule has 2 unspecified atom stereocenters. The SMILES string of the molecule is CC(=O)Oc1c(C)c(C)c2c(c1C)CCC(C)(SC(=O)N1CCN(C(c3ccccc3)c3ccc(Cl)cc3)CC1)O2. The number of rotatable bonds is 5. The van der Waals surface area contributed by atoms with Gasteiger partial charge in [0.1, 0.15) is 11.5 Å². The standard InChI is InChI=1S/C33H37ClN2O4S/c1-21-22(2)31-28(23(3)30(21)39-24(4)37)15-16-33(5,40-31)41-32(38)36-19-17-35(18-20-36)29(25-9-7-6-8-10-25)26-11-13-27(34)14-12-26/h6-14,29H,15-20H2,1-5H3. The van der Waals surface area contributed by atoms with Crippen molar-refractivity contribution in [2.24, 2.45) is 0 Å². The molecule has 2 atom stereocenters. The van der Waals surface area contributed by atoms with Crippen molar-refractivity contribution in [3.8, 4) is 11.5 Å². The lowest BCUT2D eigenvalue weighted by molar-refractivity contribution is -0.132. The number of carbonyl (C=O) groups is 2. The van der Waals surface area contributed by atoms with E-state index < -0.39 is 4.93 Å². The minimum Gasteiger partial charge on any atom is -0.476 e. The third-order valence-corrected chi connectivity index (χ3v) is 9.65. The van der Waals surface area contributed by atoms with Gasteiger partial charge in [0.05, 0.1) is 6.04 Å². The predicted octanol–water partition coefficient (Wildman–Crippen LogP) is 7.49. The molecule has 2 aliphatic heterocycles. The van der Waals surface area contributed by atoms with Crippen molar-refractivity contribution in [1.82, 2.24) is 9.80 Å². The highest BCUT2D eigenvalue weighted by Crippen LogP contribution is 2.47. The van der Waals surface area contributed by atoms with Crippen LogP contribution in [0.25, 0.3) is 0 Å². The topological polar surface area (TPSA) is 59.1 Å². The van der Waals surface area contributed by atoms with Crippen molar-refractivity contribution in [3.05, 3.63) is 93.0 Å². The molecule has 0 N–H and O–H groups in total. The third-order valence-electron chi connectivity index (χ3n) is 8.25. The Kier molecular flexibility index (Phi) is 8.69. The van der Waals surface area contributed by atoms with Gasteiger partial charge in [0.15, 0.2) is 4.93 Å². The molecule has 8 heteroatoms. The summed E-state index contributed by atoms with van der Waals surface area (Å²) < 4.78 is 12.1. The van der Waals surface area contributed by atoms with Crippen molar-refractivity contribution in [3.63, 3.8) is 0 Å². The van der Waals surface area contributed by atoms with Crippen molar-refractivity contribution in [2.45, 2.75) is 58.4 Å². The van der Waals surface area contributed by atoms with Crippen LogP contribution in [0.1, 0.15) is 59.7 Å². The Labute approximate surface area is 252 Å². The maximum absolute atomic E-state index is 13.5. The second-order valence-corrected chi connectivity index (χ2v) is 13.0. The molecule has 0 saturated carbocycles. The minimum absolute atomic E-state index is 0.0426. The van der Waals surface area contributed by atoms with Gasteiger partial charge in [0.25, 0.3) is 5.24 Å². The molecule has 6 nitrogen and oxygen atoms in total. The molecule has 1 fully saturated rings. The average Bonchev–Trinajstić information content (AvgIpc) is 2.96. The molecule has 3 aromatic rings. The maximum Gasteiger partial charge on any atom is 0.308 e. The van der Waals surface area contributed by atoms with Gasteiger partial charge in [0.2, 0.25) is 0 Å². The number of amides is 1. The van der Waals surface area contributed by atoms with E-state index in [0.29, 0.717) is 25.3 Å². The Hall–Kier alpha value is -3.00. The van der Waals surface area contributed by atoms with Crippen LogP contribution in [0.5, 0.6) is 11.5 Å². The van der Waals surface area contributed by atoms with Crippen molar-refractivity contribution in [1.29, 1.82) is 0 Å². The molecule has 5 rings (SSSR count). The summed E-state index contributed by atoms with van der Waals surface area (Å²) in [4.78, 5) is 28.9. The van der Waals surface area contributed by atoms with Crippen molar-refractivity contribution >= 4 is 34.6 Å². The number of fused-ring (bicyclic) bond motifs is 1. The number of thioether (sulfide) groups is 1. The highest BCUT2D eigenvalue weighted by atomic mass is 35.5. The number of hydrogen-bond donors (Lipinski definition) is 0. The highest BCUT2D eigenvalue weighted by molar-refractivity contribution is 8.14.